The molecule has 0 aliphatic heterocycles. The van der Waals surface area contributed by atoms with Gasteiger partial charge >= 0.3 is 5.97 Å². The molecule has 0 fully saturated rings. The van der Waals surface area contributed by atoms with Gasteiger partial charge in [-0.25, -0.2) is 8.78 Å². The molecule has 0 spiro atoms. The highest BCUT2D eigenvalue weighted by Crippen LogP contribution is 2.15. The summed E-state index contributed by atoms with van der Waals surface area (Å²) in [6.07, 6.45) is 0.787. The maximum absolute atomic E-state index is 12.9. The van der Waals surface area contributed by atoms with Crippen LogP contribution in [-0.4, -0.2) is 30.3 Å². The Hall–Kier alpha value is -1.69. The number of halogens is 2. The van der Waals surface area contributed by atoms with Crippen molar-refractivity contribution < 1.29 is 23.4 Å². The lowest BCUT2D eigenvalue weighted by Gasteiger charge is -2.15. The smallest absolute Gasteiger partial charge is 0.324 e. The molecule has 0 radical (unpaired) electrons. The van der Waals surface area contributed by atoms with Gasteiger partial charge in [0.1, 0.15) is 18.4 Å². The van der Waals surface area contributed by atoms with Crippen molar-refractivity contribution in [1.29, 1.82) is 0 Å². The van der Waals surface area contributed by atoms with E-state index in [1.165, 1.54) is 6.07 Å². The number of hydrogen-bond acceptors (Lipinski definition) is 3. The number of aliphatic carboxylic acids is 1. The van der Waals surface area contributed by atoms with Gasteiger partial charge in [0.2, 0.25) is 0 Å². The molecule has 2 N–H and O–H groups in total. The molecule has 100 valence electrons. The van der Waals surface area contributed by atoms with Gasteiger partial charge in [0.25, 0.3) is 0 Å². The third-order valence-electron chi connectivity index (χ3n) is 2.25. The van der Waals surface area contributed by atoms with Gasteiger partial charge in [0.15, 0.2) is 11.6 Å². The lowest BCUT2D eigenvalue weighted by Crippen LogP contribution is -2.41. The highest BCUT2D eigenvalue weighted by molar-refractivity contribution is 5.73. The van der Waals surface area contributed by atoms with Gasteiger partial charge in [-0.2, -0.15) is 0 Å². The quantitative estimate of drug-likeness (QED) is 0.784. The molecule has 1 unspecified atom stereocenters. The largest absolute Gasteiger partial charge is 0.491 e. The highest BCUT2D eigenvalue weighted by Gasteiger charge is 2.17. The van der Waals surface area contributed by atoms with Crippen LogP contribution in [0.25, 0.3) is 0 Å². The molecule has 18 heavy (non-hydrogen) atoms. The van der Waals surface area contributed by atoms with E-state index in [1.807, 2.05) is 6.92 Å². The standard InChI is InChI=1S/C12H15F2NO3/c1-2-5-15-11(12(16)17)7-18-8-3-4-9(13)10(14)6-8/h3-4,6,11,15H,2,5,7H2,1H3,(H,16,17). The fourth-order valence-electron chi connectivity index (χ4n) is 1.28. The molecule has 0 aliphatic rings. The number of carboxylic acid groups (broad SMARTS) is 1. The summed E-state index contributed by atoms with van der Waals surface area (Å²) < 4.78 is 30.6. The average molecular weight is 259 g/mol. The molecular formula is C12H15F2NO3. The molecule has 0 bridgehead atoms. The topological polar surface area (TPSA) is 58.6 Å². The third-order valence-corrected chi connectivity index (χ3v) is 2.25. The minimum absolute atomic E-state index is 0.0958. The third kappa shape index (κ3) is 4.29. The number of carbonyl (C=O) groups is 1. The molecular weight excluding hydrogens is 244 g/mol. The second-order valence-corrected chi connectivity index (χ2v) is 3.73. The summed E-state index contributed by atoms with van der Waals surface area (Å²) in [5.74, 6) is -2.95. The Labute approximate surface area is 104 Å². The van der Waals surface area contributed by atoms with Crippen molar-refractivity contribution >= 4 is 5.97 Å². The average Bonchev–Trinajstić information content (AvgIpc) is 2.33. The second-order valence-electron chi connectivity index (χ2n) is 3.73. The Balaban J connectivity index is 2.55. The Morgan fingerprint density at radius 3 is 2.72 bits per heavy atom. The van der Waals surface area contributed by atoms with Crippen molar-refractivity contribution in [2.75, 3.05) is 13.2 Å². The minimum atomic E-state index is -1.05. The zero-order valence-electron chi connectivity index (χ0n) is 9.95. The first kappa shape index (κ1) is 14.4. The number of nitrogens with one attached hydrogen (secondary N) is 1. The van der Waals surface area contributed by atoms with E-state index in [0.29, 0.717) is 6.54 Å². The molecule has 0 aromatic heterocycles. The van der Waals surface area contributed by atoms with Crippen LogP contribution in [0.4, 0.5) is 8.78 Å². The van der Waals surface area contributed by atoms with Crippen molar-refractivity contribution in [2.45, 2.75) is 19.4 Å². The predicted octanol–water partition coefficient (Wildman–Crippen LogP) is 1.80. The lowest BCUT2D eigenvalue weighted by molar-refractivity contribution is -0.140. The van der Waals surface area contributed by atoms with Crippen LogP contribution in [0.2, 0.25) is 0 Å². The van der Waals surface area contributed by atoms with E-state index in [4.69, 9.17) is 9.84 Å². The molecule has 0 amide bonds. The van der Waals surface area contributed by atoms with Gasteiger partial charge in [0.05, 0.1) is 0 Å². The van der Waals surface area contributed by atoms with Gasteiger partial charge in [-0.3, -0.25) is 4.79 Å². The molecule has 0 heterocycles. The summed E-state index contributed by atoms with van der Waals surface area (Å²) in [5, 5.41) is 11.7. The maximum atomic E-state index is 12.9. The minimum Gasteiger partial charge on any atom is -0.491 e. The molecule has 4 nitrogen and oxygen atoms in total. The van der Waals surface area contributed by atoms with E-state index in [1.54, 1.807) is 0 Å². The van der Waals surface area contributed by atoms with E-state index >= 15 is 0 Å². The van der Waals surface area contributed by atoms with Crippen LogP contribution in [0.5, 0.6) is 5.75 Å². The molecule has 6 heteroatoms. The molecule has 0 aliphatic carbocycles. The zero-order chi connectivity index (χ0) is 13.5. The van der Waals surface area contributed by atoms with Crippen LogP contribution in [0.1, 0.15) is 13.3 Å². The predicted molar refractivity (Wildman–Crippen MR) is 61.6 cm³/mol. The van der Waals surface area contributed by atoms with Gasteiger partial charge in [-0.15, -0.1) is 0 Å². The fraction of sp³-hybridized carbons (Fsp3) is 0.417. The van der Waals surface area contributed by atoms with Crippen LogP contribution in [-0.2, 0) is 4.79 Å². The number of rotatable bonds is 7. The number of carboxylic acids is 1. The Morgan fingerprint density at radius 2 is 2.17 bits per heavy atom. The van der Waals surface area contributed by atoms with Crippen molar-refractivity contribution in [1.82, 2.24) is 5.32 Å². The van der Waals surface area contributed by atoms with E-state index in [0.717, 1.165) is 18.6 Å². The molecule has 0 saturated carbocycles. The molecule has 0 saturated heterocycles. The zero-order valence-corrected chi connectivity index (χ0v) is 9.95. The highest BCUT2D eigenvalue weighted by atomic mass is 19.2. The summed E-state index contributed by atoms with van der Waals surface area (Å²) in [7, 11) is 0. The van der Waals surface area contributed by atoms with Crippen molar-refractivity contribution in [3.05, 3.63) is 29.8 Å². The van der Waals surface area contributed by atoms with Gasteiger partial charge in [-0.05, 0) is 25.1 Å². The fourth-order valence-corrected chi connectivity index (χ4v) is 1.28. The van der Waals surface area contributed by atoms with Crippen LogP contribution in [0, 0.1) is 11.6 Å². The first-order valence-electron chi connectivity index (χ1n) is 5.58. The van der Waals surface area contributed by atoms with Crippen LogP contribution in [0.3, 0.4) is 0 Å². The molecule has 1 aromatic rings. The summed E-state index contributed by atoms with van der Waals surface area (Å²) in [5.41, 5.74) is 0. The normalized spacial score (nSPS) is 12.2. The summed E-state index contributed by atoms with van der Waals surface area (Å²) >= 11 is 0. The van der Waals surface area contributed by atoms with Crippen molar-refractivity contribution in [3.8, 4) is 5.75 Å². The first-order valence-corrected chi connectivity index (χ1v) is 5.58. The monoisotopic (exact) mass is 259 g/mol. The van der Waals surface area contributed by atoms with Crippen LogP contribution < -0.4 is 10.1 Å². The molecule has 1 atom stereocenters. The number of benzene rings is 1. The summed E-state index contributed by atoms with van der Waals surface area (Å²) in [6.45, 7) is 2.29. The number of ether oxygens (including phenoxy) is 1. The van der Waals surface area contributed by atoms with Crippen LogP contribution in [0.15, 0.2) is 18.2 Å². The molecule has 1 rings (SSSR count). The lowest BCUT2D eigenvalue weighted by atomic mass is 10.3. The van der Waals surface area contributed by atoms with Crippen LogP contribution >= 0.6 is 0 Å². The molecule has 1 aromatic carbocycles. The van der Waals surface area contributed by atoms with Gasteiger partial charge < -0.3 is 15.2 Å². The van der Waals surface area contributed by atoms with Crippen molar-refractivity contribution in [3.63, 3.8) is 0 Å². The Morgan fingerprint density at radius 1 is 1.44 bits per heavy atom. The Bertz CT molecular complexity index is 412. The maximum Gasteiger partial charge on any atom is 0.324 e. The van der Waals surface area contributed by atoms with E-state index in [-0.39, 0.29) is 12.4 Å². The summed E-state index contributed by atoms with van der Waals surface area (Å²) in [4.78, 5) is 10.9. The van der Waals surface area contributed by atoms with Gasteiger partial charge in [-0.1, -0.05) is 6.92 Å². The summed E-state index contributed by atoms with van der Waals surface area (Å²) in [6, 6.07) is 2.18. The van der Waals surface area contributed by atoms with E-state index in [9.17, 15) is 13.6 Å². The SMILES string of the molecule is CCCNC(COc1ccc(F)c(F)c1)C(=O)O. The first-order chi connectivity index (χ1) is 8.54. The van der Waals surface area contributed by atoms with E-state index in [2.05, 4.69) is 5.32 Å². The Kier molecular flexibility index (Phi) is 5.51. The second kappa shape index (κ2) is 6.90. The van der Waals surface area contributed by atoms with E-state index < -0.39 is 23.6 Å². The van der Waals surface area contributed by atoms with Gasteiger partial charge in [0, 0.05) is 6.07 Å². The van der Waals surface area contributed by atoms with Crippen molar-refractivity contribution in [2.24, 2.45) is 0 Å². The number of hydrogen-bond donors (Lipinski definition) is 2.